The third kappa shape index (κ3) is 8.15. The lowest BCUT2D eigenvalue weighted by molar-refractivity contribution is -0.142. The predicted molar refractivity (Wildman–Crippen MR) is 67.6 cm³/mol. The molecule has 20 heavy (non-hydrogen) atoms. The lowest BCUT2D eigenvalue weighted by atomic mass is 10.1. The van der Waals surface area contributed by atoms with Crippen LogP contribution in [0.2, 0.25) is 0 Å². The molecule has 0 aliphatic rings. The van der Waals surface area contributed by atoms with Crippen molar-refractivity contribution in [1.29, 1.82) is 0 Å². The highest BCUT2D eigenvalue weighted by molar-refractivity contribution is 5.84. The highest BCUT2D eigenvalue weighted by atomic mass is 16.4. The molecule has 0 fully saturated rings. The summed E-state index contributed by atoms with van der Waals surface area (Å²) in [5, 5.41) is 51.3. The molecular weight excluding hydrogens is 274 g/mol. The molecule has 4 atom stereocenters. The van der Waals surface area contributed by atoms with Crippen molar-refractivity contribution in [3.05, 3.63) is 0 Å². The van der Waals surface area contributed by atoms with E-state index < -0.39 is 49.3 Å². The molecule has 120 valence electrons. The number of carbonyl (C=O) groups excluding carboxylic acids is 1. The molecule has 0 spiro atoms. The van der Waals surface area contributed by atoms with Gasteiger partial charge in [-0.3, -0.25) is 9.59 Å². The molecule has 0 aromatic carbocycles. The normalized spacial score (nSPS) is 16.6. The molecular formula is C11H23NO8. The van der Waals surface area contributed by atoms with Crippen LogP contribution in [0.15, 0.2) is 0 Å². The van der Waals surface area contributed by atoms with E-state index in [1.165, 1.54) is 0 Å². The Morgan fingerprint density at radius 2 is 1.55 bits per heavy atom. The number of carboxylic acid groups (broad SMARTS) is 1. The fourth-order valence-corrected chi connectivity index (χ4v) is 0.888. The van der Waals surface area contributed by atoms with Crippen LogP contribution in [0.5, 0.6) is 0 Å². The van der Waals surface area contributed by atoms with Gasteiger partial charge in [-0.05, 0) is 5.92 Å². The van der Waals surface area contributed by atoms with Crippen LogP contribution >= 0.6 is 0 Å². The van der Waals surface area contributed by atoms with Crippen molar-refractivity contribution in [2.75, 3.05) is 13.2 Å². The minimum atomic E-state index is -1.86. The number of Topliss-reactive ketones (excluding diaryl/α,β-unsaturated/α-hetero) is 1. The highest BCUT2D eigenvalue weighted by Gasteiger charge is 2.28. The van der Waals surface area contributed by atoms with E-state index in [2.05, 4.69) is 0 Å². The molecule has 0 aromatic heterocycles. The van der Waals surface area contributed by atoms with Crippen LogP contribution in [0.4, 0.5) is 0 Å². The number of carboxylic acids is 1. The van der Waals surface area contributed by atoms with E-state index in [0.29, 0.717) is 0 Å². The summed E-state index contributed by atoms with van der Waals surface area (Å²) in [4.78, 5) is 20.5. The minimum absolute atomic E-state index is 0.0208. The number of ketones is 1. The standard InChI is InChI=1S/C6H12O6.C5H11NO2/c7-1-3(9)5(11)6(12)4(10)2-8;1-3(2)4(6)5(7)8/h3,5-9,11-12H,1-2H2;3-4H,6H2,1-2H3,(H,7,8)/t3-,5-,6-;/m1./s1. The van der Waals surface area contributed by atoms with Gasteiger partial charge in [0.05, 0.1) is 6.61 Å². The smallest absolute Gasteiger partial charge is 0.320 e. The molecule has 0 bridgehead atoms. The van der Waals surface area contributed by atoms with Gasteiger partial charge in [0.2, 0.25) is 0 Å². The third-order valence-corrected chi connectivity index (χ3v) is 2.39. The Morgan fingerprint density at radius 3 is 1.75 bits per heavy atom. The topological polar surface area (TPSA) is 182 Å². The Bertz CT molecular complexity index is 296. The Kier molecular flexibility index (Phi) is 11.3. The second-order valence-corrected chi connectivity index (χ2v) is 4.42. The number of hydrogen-bond acceptors (Lipinski definition) is 8. The maximum Gasteiger partial charge on any atom is 0.320 e. The summed E-state index contributed by atoms with van der Waals surface area (Å²) < 4.78 is 0. The van der Waals surface area contributed by atoms with Crippen LogP contribution < -0.4 is 5.73 Å². The van der Waals surface area contributed by atoms with Gasteiger partial charge in [0, 0.05) is 0 Å². The van der Waals surface area contributed by atoms with Gasteiger partial charge < -0.3 is 36.4 Å². The zero-order chi connectivity index (χ0) is 16.5. The summed E-state index contributed by atoms with van der Waals surface area (Å²) in [6, 6.07) is -0.713. The fraction of sp³-hybridized carbons (Fsp3) is 0.818. The van der Waals surface area contributed by atoms with E-state index in [9.17, 15) is 9.59 Å². The van der Waals surface area contributed by atoms with Gasteiger partial charge >= 0.3 is 5.97 Å². The number of aliphatic carboxylic acids is 1. The first-order chi connectivity index (χ1) is 9.09. The van der Waals surface area contributed by atoms with Crippen LogP contribution in [0.1, 0.15) is 13.8 Å². The second kappa shape index (κ2) is 10.7. The summed E-state index contributed by atoms with van der Waals surface area (Å²) in [7, 11) is 0. The van der Waals surface area contributed by atoms with Gasteiger partial charge in [-0.1, -0.05) is 13.8 Å². The molecule has 0 heterocycles. The molecule has 0 rings (SSSR count). The van der Waals surface area contributed by atoms with E-state index in [4.69, 9.17) is 36.4 Å². The molecule has 9 heteroatoms. The molecule has 9 nitrogen and oxygen atoms in total. The third-order valence-electron chi connectivity index (χ3n) is 2.39. The molecule has 0 radical (unpaired) electrons. The monoisotopic (exact) mass is 297 g/mol. The van der Waals surface area contributed by atoms with Crippen LogP contribution in [0.3, 0.4) is 0 Å². The summed E-state index contributed by atoms with van der Waals surface area (Å²) in [5.41, 5.74) is 5.16. The van der Waals surface area contributed by atoms with Gasteiger partial charge in [-0.25, -0.2) is 0 Å². The van der Waals surface area contributed by atoms with Gasteiger partial charge in [0.1, 0.15) is 31.0 Å². The molecule has 0 amide bonds. The first-order valence-electron chi connectivity index (χ1n) is 5.87. The molecule has 0 saturated heterocycles. The number of rotatable bonds is 7. The lowest BCUT2D eigenvalue weighted by Gasteiger charge is -2.19. The van der Waals surface area contributed by atoms with Crippen molar-refractivity contribution in [3.63, 3.8) is 0 Å². The fourth-order valence-electron chi connectivity index (χ4n) is 0.888. The maximum absolute atomic E-state index is 10.5. The summed E-state index contributed by atoms with van der Waals surface area (Å²) in [6.45, 7) is 1.87. The van der Waals surface area contributed by atoms with Gasteiger partial charge in [-0.15, -0.1) is 0 Å². The molecule has 0 aliphatic carbocycles. The number of aliphatic hydroxyl groups is 5. The highest BCUT2D eigenvalue weighted by Crippen LogP contribution is 2.00. The summed E-state index contributed by atoms with van der Waals surface area (Å²) >= 11 is 0. The van der Waals surface area contributed by atoms with E-state index in [1.54, 1.807) is 13.8 Å². The SMILES string of the molecule is CC(C)C(N)C(=O)O.O=C(CO)[C@@H](O)[C@H](O)[C@H](O)CO. The number of carbonyl (C=O) groups is 2. The molecule has 0 aromatic rings. The second-order valence-electron chi connectivity index (χ2n) is 4.42. The van der Waals surface area contributed by atoms with Crippen molar-refractivity contribution >= 4 is 11.8 Å². The zero-order valence-electron chi connectivity index (χ0n) is 11.4. The number of hydrogen-bond donors (Lipinski definition) is 7. The van der Waals surface area contributed by atoms with E-state index in [0.717, 1.165) is 0 Å². The van der Waals surface area contributed by atoms with Crippen LogP contribution in [0.25, 0.3) is 0 Å². The van der Waals surface area contributed by atoms with E-state index >= 15 is 0 Å². The molecule has 0 aliphatic heterocycles. The average molecular weight is 297 g/mol. The Hall–Kier alpha value is -1.10. The minimum Gasteiger partial charge on any atom is -0.480 e. The van der Waals surface area contributed by atoms with Crippen LogP contribution in [-0.4, -0.2) is 80.0 Å². The van der Waals surface area contributed by atoms with Crippen molar-refractivity contribution in [2.24, 2.45) is 11.7 Å². The number of nitrogens with two attached hydrogens (primary N) is 1. The van der Waals surface area contributed by atoms with E-state index in [1.807, 2.05) is 0 Å². The molecule has 8 N–H and O–H groups in total. The van der Waals surface area contributed by atoms with Gasteiger partial charge in [-0.2, -0.15) is 0 Å². The Morgan fingerprint density at radius 1 is 1.10 bits per heavy atom. The summed E-state index contributed by atoms with van der Waals surface area (Å²) in [5.74, 6) is -1.91. The Balaban J connectivity index is 0. The zero-order valence-corrected chi connectivity index (χ0v) is 11.4. The average Bonchev–Trinajstić information content (AvgIpc) is 2.43. The van der Waals surface area contributed by atoms with Gasteiger partial charge in [0.25, 0.3) is 0 Å². The Labute approximate surface area is 116 Å². The van der Waals surface area contributed by atoms with Gasteiger partial charge in [0.15, 0.2) is 5.78 Å². The number of aliphatic hydroxyl groups excluding tert-OH is 5. The van der Waals surface area contributed by atoms with Crippen molar-refractivity contribution in [1.82, 2.24) is 0 Å². The quantitative estimate of drug-likeness (QED) is 0.253. The van der Waals surface area contributed by atoms with Crippen molar-refractivity contribution in [3.8, 4) is 0 Å². The van der Waals surface area contributed by atoms with Crippen LogP contribution in [-0.2, 0) is 9.59 Å². The first-order valence-corrected chi connectivity index (χ1v) is 5.87. The summed E-state index contributed by atoms with van der Waals surface area (Å²) in [6.07, 6.45) is -5.22. The van der Waals surface area contributed by atoms with Crippen molar-refractivity contribution < 1.29 is 40.2 Å². The van der Waals surface area contributed by atoms with Crippen molar-refractivity contribution in [2.45, 2.75) is 38.2 Å². The largest absolute Gasteiger partial charge is 0.480 e. The van der Waals surface area contributed by atoms with E-state index in [-0.39, 0.29) is 5.92 Å². The molecule has 1 unspecified atom stereocenters. The molecule has 0 saturated carbocycles. The van der Waals surface area contributed by atoms with Crippen LogP contribution in [0, 0.1) is 5.92 Å². The lowest BCUT2D eigenvalue weighted by Crippen LogP contribution is -2.44. The first kappa shape index (κ1) is 21.2. The predicted octanol–water partition coefficient (Wildman–Crippen LogP) is -3.32. The maximum atomic E-state index is 10.5.